The first-order valence-corrected chi connectivity index (χ1v) is 9.29. The summed E-state index contributed by atoms with van der Waals surface area (Å²) in [6.07, 6.45) is 3.12. The maximum absolute atomic E-state index is 12.4. The Balaban J connectivity index is 1.56. The van der Waals surface area contributed by atoms with E-state index in [1.54, 1.807) is 24.4 Å². The summed E-state index contributed by atoms with van der Waals surface area (Å²) in [6.45, 7) is 4.15. The Bertz CT molecular complexity index is 1000. The molecule has 0 unspecified atom stereocenters. The van der Waals surface area contributed by atoms with Gasteiger partial charge in [0.05, 0.1) is 5.56 Å². The maximum Gasteiger partial charge on any atom is 0.258 e. The minimum atomic E-state index is -0.255. The fourth-order valence-electron chi connectivity index (χ4n) is 2.84. The molecule has 0 spiro atoms. The zero-order valence-electron chi connectivity index (χ0n) is 16.4. The highest BCUT2D eigenvalue weighted by molar-refractivity contribution is 6.04. The van der Waals surface area contributed by atoms with Crippen molar-refractivity contribution in [3.63, 3.8) is 0 Å². The van der Waals surface area contributed by atoms with Gasteiger partial charge >= 0.3 is 0 Å². The summed E-state index contributed by atoms with van der Waals surface area (Å²) in [5, 5.41) is 5.69. The zero-order chi connectivity index (χ0) is 20.6. The van der Waals surface area contributed by atoms with E-state index in [1.165, 1.54) is 6.20 Å². The number of benzene rings is 2. The fourth-order valence-corrected chi connectivity index (χ4v) is 2.84. The largest absolute Gasteiger partial charge is 0.484 e. The highest BCUT2D eigenvalue weighted by Gasteiger charge is 2.10. The van der Waals surface area contributed by atoms with E-state index < -0.39 is 0 Å². The first-order valence-electron chi connectivity index (χ1n) is 9.29. The molecule has 2 N–H and O–H groups in total. The molecule has 0 bridgehead atoms. The normalized spacial score (nSPS) is 10.3. The van der Waals surface area contributed by atoms with Gasteiger partial charge in [-0.2, -0.15) is 0 Å². The van der Waals surface area contributed by atoms with Crippen molar-refractivity contribution in [3.05, 3.63) is 89.2 Å². The molecule has 1 heterocycles. The number of rotatable bonds is 7. The minimum absolute atomic E-state index is 0.0753. The van der Waals surface area contributed by atoms with Gasteiger partial charge in [-0.25, -0.2) is 0 Å². The predicted octanol–water partition coefficient (Wildman–Crippen LogP) is 3.65. The molecule has 0 atom stereocenters. The molecule has 148 valence electrons. The molecule has 2 amide bonds. The van der Waals surface area contributed by atoms with E-state index in [-0.39, 0.29) is 25.0 Å². The number of hydrogen-bond donors (Lipinski definition) is 2. The second-order valence-corrected chi connectivity index (χ2v) is 6.69. The molecule has 29 heavy (non-hydrogen) atoms. The Kier molecular flexibility index (Phi) is 6.58. The van der Waals surface area contributed by atoms with Crippen LogP contribution in [-0.2, 0) is 11.3 Å². The van der Waals surface area contributed by atoms with Gasteiger partial charge in [0.15, 0.2) is 6.61 Å². The summed E-state index contributed by atoms with van der Waals surface area (Å²) >= 11 is 0. The highest BCUT2D eigenvalue weighted by atomic mass is 16.5. The van der Waals surface area contributed by atoms with E-state index in [9.17, 15) is 9.59 Å². The van der Waals surface area contributed by atoms with Gasteiger partial charge in [0, 0.05) is 24.6 Å². The molecule has 0 saturated heterocycles. The lowest BCUT2D eigenvalue weighted by Gasteiger charge is -2.13. The smallest absolute Gasteiger partial charge is 0.258 e. The standard InChI is InChI=1S/C23H23N3O3/c1-16-9-10-21(17(2)12-16)29-15-22(27)25-14-18-6-3-4-8-20(18)26-23(28)19-7-5-11-24-13-19/h3-13H,14-15H2,1-2H3,(H,25,27)(H,26,28). The molecule has 0 aliphatic heterocycles. The predicted molar refractivity (Wildman–Crippen MR) is 112 cm³/mol. The van der Waals surface area contributed by atoms with Crippen LogP contribution in [0.3, 0.4) is 0 Å². The number of nitrogens with one attached hydrogen (secondary N) is 2. The topological polar surface area (TPSA) is 80.3 Å². The molecule has 6 heteroatoms. The molecule has 1 aromatic heterocycles. The average molecular weight is 389 g/mol. The summed E-state index contributed by atoms with van der Waals surface area (Å²) in [5.74, 6) is 0.198. The van der Waals surface area contributed by atoms with Crippen LogP contribution in [0.5, 0.6) is 5.75 Å². The quantitative estimate of drug-likeness (QED) is 0.646. The lowest BCUT2D eigenvalue weighted by molar-refractivity contribution is -0.123. The molecule has 3 rings (SSSR count). The number of pyridine rings is 1. The number of nitrogens with zero attached hydrogens (tertiary/aromatic N) is 1. The Morgan fingerprint density at radius 2 is 1.86 bits per heavy atom. The summed E-state index contributed by atoms with van der Waals surface area (Å²) < 4.78 is 5.61. The molecule has 0 aliphatic rings. The molecular formula is C23H23N3O3. The van der Waals surface area contributed by atoms with Crippen molar-refractivity contribution in [2.24, 2.45) is 0 Å². The molecule has 0 radical (unpaired) electrons. The number of amides is 2. The van der Waals surface area contributed by atoms with Crippen molar-refractivity contribution in [3.8, 4) is 5.75 Å². The number of aromatic nitrogens is 1. The zero-order valence-corrected chi connectivity index (χ0v) is 16.4. The number of carbonyl (C=O) groups is 2. The van der Waals surface area contributed by atoms with Gasteiger partial charge < -0.3 is 15.4 Å². The van der Waals surface area contributed by atoms with E-state index in [0.717, 1.165) is 16.7 Å². The summed E-state index contributed by atoms with van der Waals surface area (Å²) in [5.41, 5.74) is 4.03. The number of para-hydroxylation sites is 1. The number of ether oxygens (including phenoxy) is 1. The second-order valence-electron chi connectivity index (χ2n) is 6.69. The van der Waals surface area contributed by atoms with Crippen LogP contribution in [-0.4, -0.2) is 23.4 Å². The number of hydrogen-bond acceptors (Lipinski definition) is 4. The van der Waals surface area contributed by atoms with Crippen LogP contribution in [0.4, 0.5) is 5.69 Å². The second kappa shape index (κ2) is 9.50. The monoisotopic (exact) mass is 389 g/mol. The van der Waals surface area contributed by atoms with Gasteiger partial charge in [0.2, 0.25) is 0 Å². The number of aryl methyl sites for hydroxylation is 2. The van der Waals surface area contributed by atoms with Crippen LogP contribution in [0, 0.1) is 13.8 Å². The van der Waals surface area contributed by atoms with Gasteiger partial charge in [-0.1, -0.05) is 35.9 Å². The fraction of sp³-hybridized carbons (Fsp3) is 0.174. The molecule has 0 aliphatic carbocycles. The van der Waals surface area contributed by atoms with E-state index in [4.69, 9.17) is 4.74 Å². The highest BCUT2D eigenvalue weighted by Crippen LogP contribution is 2.19. The third-order valence-electron chi connectivity index (χ3n) is 4.35. The average Bonchev–Trinajstić information content (AvgIpc) is 2.73. The van der Waals surface area contributed by atoms with Crippen LogP contribution >= 0.6 is 0 Å². The lowest BCUT2D eigenvalue weighted by atomic mass is 10.1. The van der Waals surface area contributed by atoms with Crippen molar-refractivity contribution >= 4 is 17.5 Å². The van der Waals surface area contributed by atoms with E-state index >= 15 is 0 Å². The minimum Gasteiger partial charge on any atom is -0.484 e. The van der Waals surface area contributed by atoms with Gasteiger partial charge in [-0.3, -0.25) is 14.6 Å². The molecule has 2 aromatic carbocycles. The van der Waals surface area contributed by atoms with Crippen LogP contribution in [0.25, 0.3) is 0 Å². The van der Waals surface area contributed by atoms with Crippen molar-refractivity contribution in [1.82, 2.24) is 10.3 Å². The molecule has 6 nitrogen and oxygen atoms in total. The third-order valence-corrected chi connectivity index (χ3v) is 4.35. The SMILES string of the molecule is Cc1ccc(OCC(=O)NCc2ccccc2NC(=O)c2cccnc2)c(C)c1. The molecule has 3 aromatic rings. The van der Waals surface area contributed by atoms with Gasteiger partial charge in [-0.05, 0) is 49.2 Å². The van der Waals surface area contributed by atoms with Gasteiger partial charge in [-0.15, -0.1) is 0 Å². The van der Waals surface area contributed by atoms with Crippen molar-refractivity contribution in [1.29, 1.82) is 0 Å². The van der Waals surface area contributed by atoms with Crippen LogP contribution in [0.1, 0.15) is 27.0 Å². The summed E-state index contributed by atoms with van der Waals surface area (Å²) in [6, 6.07) is 16.5. The molecular weight excluding hydrogens is 366 g/mol. The number of anilines is 1. The number of carbonyl (C=O) groups excluding carboxylic acids is 2. The van der Waals surface area contributed by atoms with Gasteiger partial charge in [0.1, 0.15) is 5.75 Å². The first kappa shape index (κ1) is 20.1. The first-order chi connectivity index (χ1) is 14.0. The van der Waals surface area contributed by atoms with Crippen molar-refractivity contribution in [2.45, 2.75) is 20.4 Å². The van der Waals surface area contributed by atoms with Crippen molar-refractivity contribution < 1.29 is 14.3 Å². The Labute approximate surface area is 169 Å². The Morgan fingerprint density at radius 3 is 2.62 bits per heavy atom. The Hall–Kier alpha value is -3.67. The summed E-state index contributed by atoms with van der Waals surface area (Å²) in [4.78, 5) is 28.5. The van der Waals surface area contributed by atoms with Crippen LogP contribution < -0.4 is 15.4 Å². The van der Waals surface area contributed by atoms with Crippen LogP contribution in [0.15, 0.2) is 67.0 Å². The van der Waals surface area contributed by atoms with Gasteiger partial charge in [0.25, 0.3) is 11.8 Å². The van der Waals surface area contributed by atoms with Crippen LogP contribution in [0.2, 0.25) is 0 Å². The summed E-state index contributed by atoms with van der Waals surface area (Å²) in [7, 11) is 0. The maximum atomic E-state index is 12.4. The third kappa shape index (κ3) is 5.65. The van der Waals surface area contributed by atoms with Crippen molar-refractivity contribution in [2.75, 3.05) is 11.9 Å². The van der Waals surface area contributed by atoms with E-state index in [1.807, 2.05) is 50.2 Å². The molecule has 0 saturated carbocycles. The lowest BCUT2D eigenvalue weighted by Crippen LogP contribution is -2.29. The Morgan fingerprint density at radius 1 is 1.03 bits per heavy atom. The van der Waals surface area contributed by atoms with E-state index in [2.05, 4.69) is 15.6 Å². The molecule has 0 fully saturated rings. The van der Waals surface area contributed by atoms with E-state index in [0.29, 0.717) is 17.0 Å².